The van der Waals surface area contributed by atoms with Crippen LogP contribution in [0.15, 0.2) is 36.7 Å². The zero-order chi connectivity index (χ0) is 18.2. The van der Waals surface area contributed by atoms with Crippen LogP contribution in [0, 0.1) is 0 Å². The van der Waals surface area contributed by atoms with Crippen LogP contribution in [0.25, 0.3) is 0 Å². The number of benzene rings is 1. The molecule has 6 nitrogen and oxygen atoms in total. The molecular weight excluding hydrogens is 316 g/mol. The highest BCUT2D eigenvalue weighted by atomic mass is 16.5. The van der Waals surface area contributed by atoms with Gasteiger partial charge in [-0.2, -0.15) is 0 Å². The Bertz CT molecular complexity index is 684. The van der Waals surface area contributed by atoms with Crippen LogP contribution in [-0.4, -0.2) is 40.1 Å². The van der Waals surface area contributed by atoms with Gasteiger partial charge in [0, 0.05) is 37.7 Å². The second-order valence-electron chi connectivity index (χ2n) is 6.05. The molecule has 0 unspecified atom stereocenters. The van der Waals surface area contributed by atoms with E-state index in [1.54, 1.807) is 13.3 Å². The van der Waals surface area contributed by atoms with Crippen LogP contribution in [0.1, 0.15) is 32.5 Å². The fraction of sp³-hybridized carbons (Fsp3) is 0.474. The largest absolute Gasteiger partial charge is 0.497 e. The molecular formula is C19H28N4O2. The van der Waals surface area contributed by atoms with Crippen LogP contribution in [0.5, 0.6) is 5.75 Å². The molecule has 0 fully saturated rings. The fourth-order valence-electron chi connectivity index (χ4n) is 2.73. The first-order valence-corrected chi connectivity index (χ1v) is 8.74. The molecule has 2 rings (SSSR count). The van der Waals surface area contributed by atoms with Gasteiger partial charge in [0.2, 0.25) is 5.91 Å². The topological polar surface area (TPSA) is 59.4 Å². The molecule has 0 aliphatic heterocycles. The highest BCUT2D eigenvalue weighted by Gasteiger charge is 2.23. The van der Waals surface area contributed by atoms with Gasteiger partial charge in [-0.05, 0) is 25.0 Å². The number of amides is 1. The second kappa shape index (κ2) is 9.11. The summed E-state index contributed by atoms with van der Waals surface area (Å²) in [6.45, 7) is 5.32. The first-order chi connectivity index (χ1) is 12.1. The lowest BCUT2D eigenvalue weighted by Crippen LogP contribution is -2.43. The van der Waals surface area contributed by atoms with Crippen molar-refractivity contribution in [1.29, 1.82) is 0 Å². The van der Waals surface area contributed by atoms with Crippen molar-refractivity contribution in [2.75, 3.05) is 19.0 Å². The molecule has 1 N–H and O–H groups in total. The molecule has 0 saturated carbocycles. The number of imidazole rings is 1. The quantitative estimate of drug-likeness (QED) is 0.759. The molecule has 25 heavy (non-hydrogen) atoms. The number of aryl methyl sites for hydroxylation is 1. The van der Waals surface area contributed by atoms with Crippen molar-refractivity contribution < 1.29 is 9.53 Å². The number of ether oxygens (including phenoxy) is 1. The molecule has 0 aliphatic rings. The van der Waals surface area contributed by atoms with E-state index in [1.165, 1.54) is 0 Å². The van der Waals surface area contributed by atoms with Gasteiger partial charge in [-0.15, -0.1) is 0 Å². The molecule has 136 valence electrons. The minimum Gasteiger partial charge on any atom is -0.497 e. The Morgan fingerprint density at radius 3 is 2.80 bits per heavy atom. The van der Waals surface area contributed by atoms with Crippen LogP contribution >= 0.6 is 0 Å². The summed E-state index contributed by atoms with van der Waals surface area (Å²) in [6.07, 6.45) is 5.27. The average molecular weight is 344 g/mol. The molecule has 0 spiro atoms. The van der Waals surface area contributed by atoms with Gasteiger partial charge in [-0.1, -0.05) is 19.9 Å². The minimum absolute atomic E-state index is 0.0927. The van der Waals surface area contributed by atoms with Gasteiger partial charge >= 0.3 is 0 Å². The molecule has 0 saturated heterocycles. The zero-order valence-electron chi connectivity index (χ0n) is 15.5. The van der Waals surface area contributed by atoms with Gasteiger partial charge in [-0.3, -0.25) is 4.79 Å². The molecule has 1 aromatic heterocycles. The molecule has 0 aliphatic carbocycles. The Hall–Kier alpha value is -2.50. The molecule has 2 aromatic rings. The van der Waals surface area contributed by atoms with Crippen LogP contribution in [0.4, 0.5) is 5.69 Å². The number of aromatic nitrogens is 2. The summed E-state index contributed by atoms with van der Waals surface area (Å²) >= 11 is 0. The number of carbonyl (C=O) groups excluding carboxylic acids is 1. The predicted molar refractivity (Wildman–Crippen MR) is 99.6 cm³/mol. The average Bonchev–Trinajstić information content (AvgIpc) is 3.03. The normalized spacial score (nSPS) is 11.8. The van der Waals surface area contributed by atoms with E-state index in [9.17, 15) is 4.79 Å². The summed E-state index contributed by atoms with van der Waals surface area (Å²) in [5, 5.41) is 3.34. The molecule has 1 heterocycles. The van der Waals surface area contributed by atoms with Crippen molar-refractivity contribution in [3.63, 3.8) is 0 Å². The molecule has 6 heteroatoms. The number of carbonyl (C=O) groups is 1. The Labute approximate surface area is 149 Å². The van der Waals surface area contributed by atoms with Gasteiger partial charge in [0.1, 0.15) is 17.6 Å². The molecule has 0 radical (unpaired) electrons. The lowest BCUT2D eigenvalue weighted by atomic mass is 10.1. The van der Waals surface area contributed by atoms with E-state index < -0.39 is 0 Å². The van der Waals surface area contributed by atoms with Gasteiger partial charge < -0.3 is 19.5 Å². The Morgan fingerprint density at radius 1 is 1.40 bits per heavy atom. The zero-order valence-corrected chi connectivity index (χ0v) is 15.5. The molecule has 1 aromatic carbocycles. The lowest BCUT2D eigenvalue weighted by Gasteiger charge is -2.27. The minimum atomic E-state index is -0.279. The number of methoxy groups -OCH3 is 1. The monoisotopic (exact) mass is 344 g/mol. The molecule has 1 atom stereocenters. The smallest absolute Gasteiger partial charge is 0.245 e. The van der Waals surface area contributed by atoms with E-state index in [4.69, 9.17) is 4.74 Å². The fourth-order valence-corrected chi connectivity index (χ4v) is 2.73. The Balaban J connectivity index is 2.12. The summed E-state index contributed by atoms with van der Waals surface area (Å²) in [5.74, 6) is 1.75. The number of nitrogens with one attached hydrogen (secondary N) is 1. The highest BCUT2D eigenvalue weighted by molar-refractivity contribution is 5.84. The van der Waals surface area contributed by atoms with Gasteiger partial charge in [0.15, 0.2) is 0 Å². The van der Waals surface area contributed by atoms with Crippen molar-refractivity contribution in [2.24, 2.45) is 7.05 Å². The number of rotatable bonds is 9. The Morgan fingerprint density at radius 2 is 2.20 bits per heavy atom. The van der Waals surface area contributed by atoms with Crippen LogP contribution in [0.3, 0.4) is 0 Å². The van der Waals surface area contributed by atoms with Gasteiger partial charge in [0.25, 0.3) is 0 Å². The van der Waals surface area contributed by atoms with E-state index in [0.29, 0.717) is 19.5 Å². The summed E-state index contributed by atoms with van der Waals surface area (Å²) < 4.78 is 7.20. The van der Waals surface area contributed by atoms with E-state index in [1.807, 2.05) is 53.9 Å². The Kier molecular flexibility index (Phi) is 6.86. The van der Waals surface area contributed by atoms with Crippen molar-refractivity contribution >= 4 is 11.6 Å². The highest BCUT2D eigenvalue weighted by Crippen LogP contribution is 2.19. The number of nitrogens with zero attached hydrogens (tertiary/aromatic N) is 3. The van der Waals surface area contributed by atoms with Gasteiger partial charge in [0.05, 0.1) is 13.7 Å². The second-order valence-corrected chi connectivity index (χ2v) is 6.05. The van der Waals surface area contributed by atoms with E-state index in [-0.39, 0.29) is 11.9 Å². The number of hydrogen-bond acceptors (Lipinski definition) is 4. The number of hydrogen-bond donors (Lipinski definition) is 1. The van der Waals surface area contributed by atoms with Crippen LogP contribution < -0.4 is 10.1 Å². The summed E-state index contributed by atoms with van der Waals surface area (Å²) in [7, 11) is 3.58. The predicted octanol–water partition coefficient (Wildman–Crippen LogP) is 3.06. The van der Waals surface area contributed by atoms with Crippen molar-refractivity contribution in [1.82, 2.24) is 14.5 Å². The molecule has 1 amide bonds. The van der Waals surface area contributed by atoms with Crippen molar-refractivity contribution in [3.8, 4) is 5.75 Å². The first-order valence-electron chi connectivity index (χ1n) is 8.74. The lowest BCUT2D eigenvalue weighted by molar-refractivity contribution is -0.132. The molecule has 0 bridgehead atoms. The van der Waals surface area contributed by atoms with E-state index >= 15 is 0 Å². The standard InChI is InChI=1S/C19H28N4O2/c1-5-11-23(14-18-20-10-12-22(18)3)19(24)17(6-2)21-15-8-7-9-16(13-15)25-4/h7-10,12-13,17,21H,5-6,11,14H2,1-4H3/t17-/m1/s1. The third-order valence-corrected chi connectivity index (χ3v) is 4.18. The van der Waals surface area contributed by atoms with Crippen molar-refractivity contribution in [2.45, 2.75) is 39.3 Å². The number of anilines is 1. The van der Waals surface area contributed by atoms with E-state index in [0.717, 1.165) is 23.7 Å². The summed E-state index contributed by atoms with van der Waals surface area (Å²) in [6, 6.07) is 7.37. The summed E-state index contributed by atoms with van der Waals surface area (Å²) in [4.78, 5) is 19.3. The van der Waals surface area contributed by atoms with E-state index in [2.05, 4.69) is 17.2 Å². The summed E-state index contributed by atoms with van der Waals surface area (Å²) in [5.41, 5.74) is 0.882. The van der Waals surface area contributed by atoms with Crippen molar-refractivity contribution in [3.05, 3.63) is 42.5 Å². The van der Waals surface area contributed by atoms with Gasteiger partial charge in [-0.25, -0.2) is 4.98 Å². The first kappa shape index (κ1) is 18.8. The van der Waals surface area contributed by atoms with Crippen LogP contribution in [-0.2, 0) is 18.4 Å². The maximum Gasteiger partial charge on any atom is 0.245 e. The maximum atomic E-state index is 13.1. The van der Waals surface area contributed by atoms with Crippen LogP contribution in [0.2, 0.25) is 0 Å². The third-order valence-electron chi connectivity index (χ3n) is 4.18. The SMILES string of the molecule is CCCN(Cc1nccn1C)C(=O)[C@@H](CC)Nc1cccc(OC)c1. The third kappa shape index (κ3) is 4.98. The maximum absolute atomic E-state index is 13.1.